The number of ether oxygens (including phenoxy) is 2. The monoisotopic (exact) mass is 319 g/mol. The smallest absolute Gasteiger partial charge is 0.427 e. The molecule has 1 aliphatic rings. The largest absolute Gasteiger partial charge is 0.469 e. The zero-order valence-corrected chi connectivity index (χ0v) is 13.3. The fourth-order valence-corrected chi connectivity index (χ4v) is 2.46. The Morgan fingerprint density at radius 2 is 2.09 bits per heavy atom. The van der Waals surface area contributed by atoms with Crippen molar-refractivity contribution in [3.8, 4) is 0 Å². The Bertz CT molecular complexity index is 574. The normalized spacial score (nSPS) is 18.8. The molecule has 1 heterocycles. The first kappa shape index (κ1) is 16.8. The minimum Gasteiger partial charge on any atom is -0.469 e. The SMILES string of the molecule is CCOC(=O)NN=C1C[C@@H](C(=O)OC)CN1Cc1ccccc1. The van der Waals surface area contributed by atoms with Crippen LogP contribution in [0.2, 0.25) is 0 Å². The maximum Gasteiger partial charge on any atom is 0.427 e. The fraction of sp³-hybridized carbons (Fsp3) is 0.438. The number of rotatable bonds is 5. The van der Waals surface area contributed by atoms with Gasteiger partial charge in [0.25, 0.3) is 0 Å². The Kier molecular flexibility index (Phi) is 5.96. The van der Waals surface area contributed by atoms with E-state index in [1.165, 1.54) is 7.11 Å². The molecule has 0 saturated carbocycles. The number of carbonyl (C=O) groups is 2. The molecule has 23 heavy (non-hydrogen) atoms. The number of hydrazone groups is 1. The summed E-state index contributed by atoms with van der Waals surface area (Å²) in [6.45, 7) is 3.11. The van der Waals surface area contributed by atoms with Crippen molar-refractivity contribution in [1.29, 1.82) is 0 Å². The van der Waals surface area contributed by atoms with Crippen molar-refractivity contribution in [3.05, 3.63) is 35.9 Å². The van der Waals surface area contributed by atoms with Crippen LogP contribution in [0.15, 0.2) is 35.4 Å². The molecule has 1 atom stereocenters. The van der Waals surface area contributed by atoms with Gasteiger partial charge in [-0.25, -0.2) is 10.2 Å². The van der Waals surface area contributed by atoms with E-state index in [4.69, 9.17) is 9.47 Å². The summed E-state index contributed by atoms with van der Waals surface area (Å²) in [7, 11) is 1.37. The summed E-state index contributed by atoms with van der Waals surface area (Å²) in [5, 5.41) is 4.10. The van der Waals surface area contributed by atoms with Gasteiger partial charge < -0.3 is 14.4 Å². The maximum absolute atomic E-state index is 11.8. The summed E-state index contributed by atoms with van der Waals surface area (Å²) in [5.74, 6) is 0.0770. The first-order chi connectivity index (χ1) is 11.1. The lowest BCUT2D eigenvalue weighted by Gasteiger charge is -2.19. The van der Waals surface area contributed by atoms with Crippen LogP contribution in [0.5, 0.6) is 0 Å². The lowest BCUT2D eigenvalue weighted by Crippen LogP contribution is -2.29. The van der Waals surface area contributed by atoms with Crippen LogP contribution in [0.1, 0.15) is 18.9 Å². The van der Waals surface area contributed by atoms with Crippen LogP contribution < -0.4 is 5.43 Å². The standard InChI is InChI=1S/C16H21N3O4/c1-3-23-16(21)18-17-14-9-13(15(20)22-2)11-19(14)10-12-7-5-4-6-8-12/h4-8,13H,3,9-11H2,1-2H3,(H,18,21)/t13-/m1/s1. The van der Waals surface area contributed by atoms with E-state index in [2.05, 4.69) is 10.5 Å². The van der Waals surface area contributed by atoms with Crippen LogP contribution in [0, 0.1) is 5.92 Å². The molecule has 1 aliphatic heterocycles. The van der Waals surface area contributed by atoms with Gasteiger partial charge in [-0.15, -0.1) is 0 Å². The van der Waals surface area contributed by atoms with Gasteiger partial charge in [-0.2, -0.15) is 5.10 Å². The third kappa shape index (κ3) is 4.70. The third-order valence-corrected chi connectivity index (χ3v) is 3.54. The van der Waals surface area contributed by atoms with Crippen molar-refractivity contribution >= 4 is 17.9 Å². The number of methoxy groups -OCH3 is 1. The van der Waals surface area contributed by atoms with Crippen LogP contribution in [-0.2, 0) is 20.8 Å². The zero-order valence-electron chi connectivity index (χ0n) is 13.3. The van der Waals surface area contributed by atoms with Gasteiger partial charge in [-0.05, 0) is 12.5 Å². The van der Waals surface area contributed by atoms with E-state index in [0.717, 1.165) is 5.56 Å². The van der Waals surface area contributed by atoms with Gasteiger partial charge in [0.15, 0.2) is 0 Å². The average Bonchev–Trinajstić information content (AvgIpc) is 2.96. The molecule has 0 radical (unpaired) electrons. The van der Waals surface area contributed by atoms with Gasteiger partial charge in [0, 0.05) is 19.5 Å². The summed E-state index contributed by atoms with van der Waals surface area (Å²) >= 11 is 0. The fourth-order valence-electron chi connectivity index (χ4n) is 2.46. The molecule has 124 valence electrons. The lowest BCUT2D eigenvalue weighted by molar-refractivity contribution is -0.144. The van der Waals surface area contributed by atoms with Crippen LogP contribution in [-0.4, -0.2) is 43.1 Å². The van der Waals surface area contributed by atoms with Gasteiger partial charge >= 0.3 is 12.1 Å². The van der Waals surface area contributed by atoms with Crippen molar-refractivity contribution in [2.24, 2.45) is 11.0 Å². The second-order valence-electron chi connectivity index (χ2n) is 5.15. The predicted molar refractivity (Wildman–Crippen MR) is 84.6 cm³/mol. The second-order valence-corrected chi connectivity index (χ2v) is 5.15. The molecule has 1 saturated heterocycles. The van der Waals surface area contributed by atoms with Gasteiger partial charge in [0.1, 0.15) is 5.84 Å². The number of hydrogen-bond donors (Lipinski definition) is 1. The molecule has 7 heteroatoms. The van der Waals surface area contributed by atoms with Crippen molar-refractivity contribution in [3.63, 3.8) is 0 Å². The number of amides is 1. The Morgan fingerprint density at radius 3 is 2.74 bits per heavy atom. The van der Waals surface area contributed by atoms with Crippen LogP contribution in [0.3, 0.4) is 0 Å². The van der Waals surface area contributed by atoms with Crippen LogP contribution in [0.4, 0.5) is 4.79 Å². The first-order valence-electron chi connectivity index (χ1n) is 7.50. The molecule has 0 bridgehead atoms. The maximum atomic E-state index is 11.8. The van der Waals surface area contributed by atoms with E-state index in [0.29, 0.717) is 25.3 Å². The molecule has 0 spiro atoms. The minimum atomic E-state index is -0.610. The van der Waals surface area contributed by atoms with Gasteiger partial charge in [-0.3, -0.25) is 4.79 Å². The number of hydrogen-bond acceptors (Lipinski definition) is 5. The quantitative estimate of drug-likeness (QED) is 0.660. The highest BCUT2D eigenvalue weighted by atomic mass is 16.5. The molecule has 1 aromatic carbocycles. The van der Waals surface area contributed by atoms with E-state index >= 15 is 0 Å². The molecule has 0 unspecified atom stereocenters. The topological polar surface area (TPSA) is 80.2 Å². The molecule has 1 fully saturated rings. The number of likely N-dealkylation sites (tertiary alicyclic amines) is 1. The molecule has 7 nitrogen and oxygen atoms in total. The molecule has 0 aliphatic carbocycles. The third-order valence-electron chi connectivity index (χ3n) is 3.54. The number of esters is 1. The number of nitrogens with one attached hydrogen (secondary N) is 1. The minimum absolute atomic E-state index is 0.273. The molecule has 1 amide bonds. The van der Waals surface area contributed by atoms with E-state index < -0.39 is 6.09 Å². The molecule has 1 N–H and O–H groups in total. The summed E-state index contributed by atoms with van der Waals surface area (Å²) in [6, 6.07) is 9.86. The first-order valence-corrected chi connectivity index (χ1v) is 7.50. The number of amidine groups is 1. The van der Waals surface area contributed by atoms with Crippen molar-refractivity contribution in [2.75, 3.05) is 20.3 Å². The molecule has 2 rings (SSSR count). The highest BCUT2D eigenvalue weighted by Gasteiger charge is 2.33. The van der Waals surface area contributed by atoms with Gasteiger partial charge in [0.05, 0.1) is 19.6 Å². The van der Waals surface area contributed by atoms with Gasteiger partial charge in [-0.1, -0.05) is 30.3 Å². The number of carbonyl (C=O) groups excluding carboxylic acids is 2. The Balaban J connectivity index is 2.09. The summed E-state index contributed by atoms with van der Waals surface area (Å²) < 4.78 is 9.60. The zero-order chi connectivity index (χ0) is 16.7. The van der Waals surface area contributed by atoms with Crippen LogP contribution in [0.25, 0.3) is 0 Å². The van der Waals surface area contributed by atoms with Crippen LogP contribution >= 0.6 is 0 Å². The van der Waals surface area contributed by atoms with Crippen molar-refractivity contribution in [1.82, 2.24) is 10.3 Å². The Hall–Kier alpha value is -2.57. The highest BCUT2D eigenvalue weighted by Crippen LogP contribution is 2.22. The molecular weight excluding hydrogens is 298 g/mol. The van der Waals surface area contributed by atoms with E-state index in [9.17, 15) is 9.59 Å². The molecule has 0 aromatic heterocycles. The average molecular weight is 319 g/mol. The van der Waals surface area contributed by atoms with E-state index in [-0.39, 0.29) is 18.5 Å². The van der Waals surface area contributed by atoms with Crippen molar-refractivity contribution < 1.29 is 19.1 Å². The predicted octanol–water partition coefficient (Wildman–Crippen LogP) is 1.74. The van der Waals surface area contributed by atoms with Crippen molar-refractivity contribution in [2.45, 2.75) is 19.9 Å². The van der Waals surface area contributed by atoms with Gasteiger partial charge in [0.2, 0.25) is 0 Å². The summed E-state index contributed by atoms with van der Waals surface area (Å²) in [6.07, 6.45) is -0.187. The Morgan fingerprint density at radius 1 is 1.35 bits per heavy atom. The number of benzene rings is 1. The second kappa shape index (κ2) is 8.17. The summed E-state index contributed by atoms with van der Waals surface area (Å²) in [5.41, 5.74) is 3.45. The summed E-state index contributed by atoms with van der Waals surface area (Å²) in [4.78, 5) is 25.1. The molecular formula is C16H21N3O4. The van der Waals surface area contributed by atoms with E-state index in [1.807, 2.05) is 35.2 Å². The molecule has 1 aromatic rings. The van der Waals surface area contributed by atoms with E-state index in [1.54, 1.807) is 6.92 Å². The number of nitrogens with zero attached hydrogens (tertiary/aromatic N) is 2. The highest BCUT2D eigenvalue weighted by molar-refractivity contribution is 5.91. The lowest BCUT2D eigenvalue weighted by atomic mass is 10.1. The Labute approximate surface area is 135 Å².